The zero-order valence-electron chi connectivity index (χ0n) is 15.6. The van der Waals surface area contributed by atoms with Crippen LogP contribution >= 0.6 is 0 Å². The van der Waals surface area contributed by atoms with Crippen LogP contribution in [0.1, 0.15) is 35.7 Å². The molecular weight excluding hydrogens is 340 g/mol. The van der Waals surface area contributed by atoms with Crippen LogP contribution in [0, 0.1) is 0 Å². The fourth-order valence-electron chi connectivity index (χ4n) is 2.68. The molecule has 0 saturated carbocycles. The first-order valence-corrected chi connectivity index (χ1v) is 8.71. The van der Waals surface area contributed by atoms with Crippen molar-refractivity contribution in [1.82, 2.24) is 9.97 Å². The number of esters is 1. The van der Waals surface area contributed by atoms with Gasteiger partial charge < -0.3 is 15.4 Å². The number of methoxy groups -OCH3 is 1. The van der Waals surface area contributed by atoms with Gasteiger partial charge in [-0.25, -0.2) is 9.78 Å². The SMILES string of the molecule is COC(=O)c1ccc(Nc2ccnc(Nc3ccccc3C(C)C)n2)cc1. The highest BCUT2D eigenvalue weighted by Crippen LogP contribution is 2.26. The predicted octanol–water partition coefficient (Wildman–Crippen LogP) is 4.87. The van der Waals surface area contributed by atoms with Gasteiger partial charge in [-0.3, -0.25) is 0 Å². The highest BCUT2D eigenvalue weighted by molar-refractivity contribution is 5.89. The van der Waals surface area contributed by atoms with Gasteiger partial charge >= 0.3 is 5.97 Å². The summed E-state index contributed by atoms with van der Waals surface area (Å²) in [6.07, 6.45) is 1.69. The number of aromatic nitrogens is 2. The van der Waals surface area contributed by atoms with Gasteiger partial charge in [0.05, 0.1) is 12.7 Å². The molecule has 0 spiro atoms. The molecule has 0 fully saturated rings. The fourth-order valence-corrected chi connectivity index (χ4v) is 2.68. The Bertz CT molecular complexity index is 923. The van der Waals surface area contributed by atoms with Crippen LogP contribution in [-0.2, 0) is 4.74 Å². The molecule has 1 heterocycles. The summed E-state index contributed by atoms with van der Waals surface area (Å²) in [5.41, 5.74) is 3.51. The summed E-state index contributed by atoms with van der Waals surface area (Å²) in [5, 5.41) is 6.50. The van der Waals surface area contributed by atoms with E-state index in [1.165, 1.54) is 12.7 Å². The van der Waals surface area contributed by atoms with Gasteiger partial charge in [-0.15, -0.1) is 0 Å². The third kappa shape index (κ3) is 4.61. The summed E-state index contributed by atoms with van der Waals surface area (Å²) in [5.74, 6) is 1.20. The number of hydrogen-bond acceptors (Lipinski definition) is 6. The van der Waals surface area contributed by atoms with Crippen LogP contribution in [0.15, 0.2) is 60.8 Å². The van der Waals surface area contributed by atoms with Gasteiger partial charge in [-0.2, -0.15) is 4.98 Å². The average Bonchev–Trinajstić information content (AvgIpc) is 2.68. The molecule has 0 amide bonds. The summed E-state index contributed by atoms with van der Waals surface area (Å²) in [4.78, 5) is 20.3. The van der Waals surface area contributed by atoms with Crippen molar-refractivity contribution in [2.75, 3.05) is 17.7 Å². The Labute approximate surface area is 158 Å². The number of benzene rings is 2. The van der Waals surface area contributed by atoms with Gasteiger partial charge in [0.1, 0.15) is 5.82 Å². The van der Waals surface area contributed by atoms with Crippen LogP contribution in [0.25, 0.3) is 0 Å². The van der Waals surface area contributed by atoms with E-state index < -0.39 is 0 Å². The molecule has 0 aliphatic heterocycles. The minimum atomic E-state index is -0.362. The van der Waals surface area contributed by atoms with Crippen molar-refractivity contribution in [2.24, 2.45) is 0 Å². The van der Waals surface area contributed by atoms with Gasteiger partial charge in [-0.05, 0) is 47.9 Å². The normalized spacial score (nSPS) is 10.5. The number of carbonyl (C=O) groups excluding carboxylic acids is 1. The Morgan fingerprint density at radius 2 is 1.74 bits per heavy atom. The summed E-state index contributed by atoms with van der Waals surface area (Å²) in [6, 6.07) is 16.9. The second kappa shape index (κ2) is 8.31. The maximum Gasteiger partial charge on any atom is 0.337 e. The topological polar surface area (TPSA) is 76.1 Å². The minimum absolute atomic E-state index is 0.362. The van der Waals surface area contributed by atoms with Crippen LogP contribution in [0.5, 0.6) is 0 Å². The van der Waals surface area contributed by atoms with Crippen LogP contribution < -0.4 is 10.6 Å². The second-order valence-corrected chi connectivity index (χ2v) is 6.33. The molecule has 2 aromatic carbocycles. The molecule has 3 rings (SSSR count). The van der Waals surface area contributed by atoms with Gasteiger partial charge in [0.15, 0.2) is 0 Å². The van der Waals surface area contributed by atoms with E-state index >= 15 is 0 Å². The lowest BCUT2D eigenvalue weighted by atomic mass is 10.0. The van der Waals surface area contributed by atoms with E-state index in [0.717, 1.165) is 11.4 Å². The number of carbonyl (C=O) groups is 1. The van der Waals surface area contributed by atoms with Gasteiger partial charge in [0, 0.05) is 17.6 Å². The van der Waals surface area contributed by atoms with Gasteiger partial charge in [0.25, 0.3) is 0 Å². The molecule has 6 nitrogen and oxygen atoms in total. The number of ether oxygens (including phenoxy) is 1. The van der Waals surface area contributed by atoms with Crippen molar-refractivity contribution in [2.45, 2.75) is 19.8 Å². The van der Waals surface area contributed by atoms with E-state index in [-0.39, 0.29) is 5.97 Å². The molecule has 0 saturated heterocycles. The molecule has 3 aromatic rings. The van der Waals surface area contributed by atoms with E-state index in [1.54, 1.807) is 36.5 Å². The average molecular weight is 362 g/mol. The maximum absolute atomic E-state index is 11.5. The van der Waals surface area contributed by atoms with E-state index in [2.05, 4.69) is 40.5 Å². The molecule has 0 aliphatic carbocycles. The molecule has 0 aliphatic rings. The van der Waals surface area contributed by atoms with E-state index in [0.29, 0.717) is 23.2 Å². The van der Waals surface area contributed by atoms with Gasteiger partial charge in [0.2, 0.25) is 5.95 Å². The summed E-state index contributed by atoms with van der Waals surface area (Å²) >= 11 is 0. The van der Waals surface area contributed by atoms with Crippen LogP contribution in [-0.4, -0.2) is 23.0 Å². The summed E-state index contributed by atoms with van der Waals surface area (Å²) in [7, 11) is 1.36. The summed E-state index contributed by atoms with van der Waals surface area (Å²) in [6.45, 7) is 4.30. The van der Waals surface area contributed by atoms with Crippen LogP contribution in [0.2, 0.25) is 0 Å². The Kier molecular flexibility index (Phi) is 5.66. The lowest BCUT2D eigenvalue weighted by Crippen LogP contribution is -2.03. The smallest absolute Gasteiger partial charge is 0.337 e. The molecular formula is C21H22N4O2. The third-order valence-electron chi connectivity index (χ3n) is 4.06. The van der Waals surface area contributed by atoms with E-state index in [1.807, 2.05) is 18.2 Å². The van der Waals surface area contributed by atoms with Crippen molar-refractivity contribution in [1.29, 1.82) is 0 Å². The first kappa shape index (κ1) is 18.4. The largest absolute Gasteiger partial charge is 0.465 e. The molecule has 0 radical (unpaired) electrons. The molecule has 0 atom stereocenters. The second-order valence-electron chi connectivity index (χ2n) is 6.33. The number of nitrogens with zero attached hydrogens (tertiary/aromatic N) is 2. The van der Waals surface area contributed by atoms with Crippen LogP contribution in [0.4, 0.5) is 23.1 Å². The first-order valence-electron chi connectivity index (χ1n) is 8.71. The Morgan fingerprint density at radius 1 is 1.00 bits per heavy atom. The number of anilines is 4. The number of rotatable bonds is 6. The van der Waals surface area contributed by atoms with E-state index in [4.69, 9.17) is 4.74 Å². The highest BCUT2D eigenvalue weighted by Gasteiger charge is 2.08. The monoisotopic (exact) mass is 362 g/mol. The molecule has 0 bridgehead atoms. The number of nitrogens with one attached hydrogen (secondary N) is 2. The Morgan fingerprint density at radius 3 is 2.44 bits per heavy atom. The molecule has 2 N–H and O–H groups in total. The van der Waals surface area contributed by atoms with Crippen molar-refractivity contribution in [3.05, 3.63) is 71.9 Å². The molecule has 0 unspecified atom stereocenters. The fraction of sp³-hybridized carbons (Fsp3) is 0.190. The maximum atomic E-state index is 11.5. The Balaban J connectivity index is 1.75. The summed E-state index contributed by atoms with van der Waals surface area (Å²) < 4.78 is 4.70. The predicted molar refractivity (Wildman–Crippen MR) is 107 cm³/mol. The first-order chi connectivity index (χ1) is 13.1. The number of hydrogen-bond donors (Lipinski definition) is 2. The van der Waals surface area contributed by atoms with Crippen LogP contribution in [0.3, 0.4) is 0 Å². The van der Waals surface area contributed by atoms with E-state index in [9.17, 15) is 4.79 Å². The minimum Gasteiger partial charge on any atom is -0.465 e. The van der Waals surface area contributed by atoms with Gasteiger partial charge in [-0.1, -0.05) is 32.0 Å². The Hall–Kier alpha value is -3.41. The number of para-hydroxylation sites is 1. The van der Waals surface area contributed by atoms with Crippen molar-refractivity contribution >= 4 is 29.1 Å². The molecule has 138 valence electrons. The standard InChI is InChI=1S/C21H22N4O2/c1-14(2)17-6-4-5-7-18(17)24-21-22-13-12-19(25-21)23-16-10-8-15(9-11-16)20(26)27-3/h4-14H,1-3H3,(H2,22,23,24,25). The molecule has 6 heteroatoms. The lowest BCUT2D eigenvalue weighted by molar-refractivity contribution is 0.0601. The van der Waals surface area contributed by atoms with Crippen molar-refractivity contribution < 1.29 is 9.53 Å². The van der Waals surface area contributed by atoms with Crippen molar-refractivity contribution in [3.8, 4) is 0 Å². The molecule has 27 heavy (non-hydrogen) atoms. The zero-order chi connectivity index (χ0) is 19.2. The molecule has 1 aromatic heterocycles. The highest BCUT2D eigenvalue weighted by atomic mass is 16.5. The lowest BCUT2D eigenvalue weighted by Gasteiger charge is -2.14. The zero-order valence-corrected chi connectivity index (χ0v) is 15.6. The quantitative estimate of drug-likeness (QED) is 0.609. The third-order valence-corrected chi connectivity index (χ3v) is 4.06. The van der Waals surface area contributed by atoms with Crippen molar-refractivity contribution in [3.63, 3.8) is 0 Å².